The van der Waals surface area contributed by atoms with Gasteiger partial charge in [-0.25, -0.2) is 9.59 Å². The second kappa shape index (κ2) is 8.78. The second-order valence-electron chi connectivity index (χ2n) is 4.53. The molecular formula is C15H19NO6. The first-order valence-corrected chi connectivity index (χ1v) is 6.59. The molecule has 1 amide bonds. The lowest BCUT2D eigenvalue weighted by molar-refractivity contribution is -0.144. The number of carbonyl (C=O) groups excluding carboxylic acids is 3. The molecule has 0 saturated carbocycles. The van der Waals surface area contributed by atoms with Crippen LogP contribution in [0.5, 0.6) is 5.75 Å². The molecule has 0 fully saturated rings. The van der Waals surface area contributed by atoms with Crippen LogP contribution in [-0.4, -0.2) is 44.7 Å². The molecule has 0 aromatic heterocycles. The van der Waals surface area contributed by atoms with Crippen LogP contribution in [0.15, 0.2) is 24.3 Å². The maximum atomic E-state index is 11.6. The third kappa shape index (κ3) is 5.92. The highest BCUT2D eigenvalue weighted by Crippen LogP contribution is 2.14. The van der Waals surface area contributed by atoms with Crippen LogP contribution in [0.3, 0.4) is 0 Å². The van der Waals surface area contributed by atoms with Gasteiger partial charge in [-0.05, 0) is 17.7 Å². The van der Waals surface area contributed by atoms with E-state index in [0.717, 1.165) is 5.56 Å². The summed E-state index contributed by atoms with van der Waals surface area (Å²) in [7, 11) is 2.66. The molecule has 0 spiro atoms. The van der Waals surface area contributed by atoms with Crippen molar-refractivity contribution in [3.8, 4) is 5.75 Å². The Balaban J connectivity index is 2.70. The van der Waals surface area contributed by atoms with Crippen LogP contribution in [0.1, 0.15) is 12.5 Å². The maximum Gasteiger partial charge on any atom is 0.337 e. The number of esters is 2. The van der Waals surface area contributed by atoms with E-state index in [0.29, 0.717) is 5.75 Å². The fourth-order valence-electron chi connectivity index (χ4n) is 1.79. The monoisotopic (exact) mass is 309 g/mol. The predicted molar refractivity (Wildman–Crippen MR) is 77.3 cm³/mol. The third-order valence-electron chi connectivity index (χ3n) is 2.72. The molecule has 1 N–H and O–H groups in total. The highest BCUT2D eigenvalue weighted by atomic mass is 16.6. The van der Waals surface area contributed by atoms with Gasteiger partial charge in [0.25, 0.3) is 0 Å². The summed E-state index contributed by atoms with van der Waals surface area (Å²) in [6.45, 7) is 1.20. The van der Waals surface area contributed by atoms with Crippen molar-refractivity contribution in [2.24, 2.45) is 0 Å². The van der Waals surface area contributed by atoms with Crippen molar-refractivity contribution in [3.05, 3.63) is 29.8 Å². The third-order valence-corrected chi connectivity index (χ3v) is 2.72. The van der Waals surface area contributed by atoms with E-state index in [-0.39, 0.29) is 18.9 Å². The fraction of sp³-hybridized carbons (Fsp3) is 0.400. The second-order valence-corrected chi connectivity index (χ2v) is 4.53. The Morgan fingerprint density at radius 2 is 1.77 bits per heavy atom. The van der Waals surface area contributed by atoms with Gasteiger partial charge in [-0.15, -0.1) is 0 Å². The number of hydrogen-bond acceptors (Lipinski definition) is 6. The van der Waals surface area contributed by atoms with Gasteiger partial charge < -0.3 is 19.5 Å². The summed E-state index contributed by atoms with van der Waals surface area (Å²) < 4.78 is 14.3. The van der Waals surface area contributed by atoms with E-state index in [4.69, 9.17) is 4.74 Å². The topological polar surface area (TPSA) is 90.9 Å². The predicted octanol–water partition coefficient (Wildman–Crippen LogP) is 0.459. The number of carbonyl (C=O) groups is 3. The minimum atomic E-state index is -0.760. The summed E-state index contributed by atoms with van der Waals surface area (Å²) >= 11 is 0. The molecule has 1 aromatic carbocycles. The fourth-order valence-corrected chi connectivity index (χ4v) is 1.79. The van der Waals surface area contributed by atoms with Crippen LogP contribution >= 0.6 is 0 Å². The number of rotatable bonds is 7. The van der Waals surface area contributed by atoms with Crippen LogP contribution in [0, 0.1) is 0 Å². The Hall–Kier alpha value is -2.41. The highest BCUT2D eigenvalue weighted by Gasteiger charge is 2.20. The smallest absolute Gasteiger partial charge is 0.337 e. The van der Waals surface area contributed by atoms with E-state index in [1.807, 2.05) is 0 Å². The van der Waals surface area contributed by atoms with Crippen molar-refractivity contribution in [1.29, 1.82) is 0 Å². The number of hydrogen-bond donors (Lipinski definition) is 1. The summed E-state index contributed by atoms with van der Waals surface area (Å²) in [5, 5.41) is 2.53. The van der Waals surface area contributed by atoms with E-state index in [9.17, 15) is 14.4 Å². The first-order chi connectivity index (χ1) is 10.5. The summed E-state index contributed by atoms with van der Waals surface area (Å²) in [6, 6.07) is 5.85. The molecule has 120 valence electrons. The van der Waals surface area contributed by atoms with Gasteiger partial charge in [0.2, 0.25) is 5.91 Å². The molecule has 1 atom stereocenters. The van der Waals surface area contributed by atoms with E-state index in [1.54, 1.807) is 24.3 Å². The number of ether oxygens (including phenoxy) is 3. The number of amides is 1. The first-order valence-electron chi connectivity index (χ1n) is 6.59. The number of methoxy groups -OCH3 is 2. The van der Waals surface area contributed by atoms with Crippen LogP contribution in [0.4, 0.5) is 0 Å². The minimum absolute atomic E-state index is 0.130. The van der Waals surface area contributed by atoms with Gasteiger partial charge in [0.05, 0.1) is 7.11 Å². The molecular weight excluding hydrogens is 290 g/mol. The maximum absolute atomic E-state index is 11.6. The van der Waals surface area contributed by atoms with Gasteiger partial charge in [0, 0.05) is 20.5 Å². The van der Waals surface area contributed by atoms with Crippen molar-refractivity contribution in [3.63, 3.8) is 0 Å². The highest BCUT2D eigenvalue weighted by molar-refractivity contribution is 5.83. The molecule has 0 heterocycles. The molecule has 22 heavy (non-hydrogen) atoms. The van der Waals surface area contributed by atoms with Crippen LogP contribution in [0.2, 0.25) is 0 Å². The van der Waals surface area contributed by atoms with Gasteiger partial charge in [0.15, 0.2) is 0 Å². The molecule has 7 heteroatoms. The van der Waals surface area contributed by atoms with Gasteiger partial charge in [-0.3, -0.25) is 4.79 Å². The van der Waals surface area contributed by atoms with Crippen molar-refractivity contribution in [2.75, 3.05) is 20.8 Å². The number of benzene rings is 1. The lowest BCUT2D eigenvalue weighted by atomic mass is 10.1. The zero-order valence-electron chi connectivity index (χ0n) is 12.8. The Morgan fingerprint density at radius 3 is 2.27 bits per heavy atom. The molecule has 1 aromatic rings. The van der Waals surface area contributed by atoms with Crippen molar-refractivity contribution >= 4 is 17.8 Å². The molecule has 0 aliphatic carbocycles. The van der Waals surface area contributed by atoms with E-state index >= 15 is 0 Å². The lowest BCUT2D eigenvalue weighted by Gasteiger charge is -2.15. The Morgan fingerprint density at radius 1 is 1.14 bits per heavy atom. The zero-order valence-corrected chi connectivity index (χ0v) is 12.8. The van der Waals surface area contributed by atoms with Crippen molar-refractivity contribution in [1.82, 2.24) is 5.32 Å². The Bertz CT molecular complexity index is 525. The van der Waals surface area contributed by atoms with Crippen molar-refractivity contribution < 1.29 is 28.6 Å². The molecule has 1 rings (SSSR count). The van der Waals surface area contributed by atoms with E-state index < -0.39 is 18.0 Å². The standard InChI is InChI=1S/C15H19NO6/c1-10(17)16-13(15(19)21-3)8-11-4-6-12(7-5-11)22-14(18)9-20-2/h4-7,13H,8-9H2,1-3H3,(H,16,17). The number of nitrogens with one attached hydrogen (secondary N) is 1. The van der Waals surface area contributed by atoms with Gasteiger partial charge in [-0.2, -0.15) is 0 Å². The molecule has 0 saturated heterocycles. The van der Waals surface area contributed by atoms with Gasteiger partial charge in [0.1, 0.15) is 18.4 Å². The SMILES string of the molecule is COCC(=O)Oc1ccc(CC(NC(C)=O)C(=O)OC)cc1. The summed E-state index contributed by atoms with van der Waals surface area (Å²) in [6.07, 6.45) is 0.276. The Kier molecular flexibility index (Phi) is 7.04. The van der Waals surface area contributed by atoms with Crippen LogP contribution in [0.25, 0.3) is 0 Å². The zero-order chi connectivity index (χ0) is 16.5. The molecule has 0 radical (unpaired) electrons. The van der Waals surface area contributed by atoms with Crippen molar-refractivity contribution in [2.45, 2.75) is 19.4 Å². The molecule has 0 aliphatic heterocycles. The van der Waals surface area contributed by atoms with E-state index in [1.165, 1.54) is 21.1 Å². The first kappa shape index (κ1) is 17.6. The van der Waals surface area contributed by atoms with Gasteiger partial charge in [-0.1, -0.05) is 12.1 Å². The lowest BCUT2D eigenvalue weighted by Crippen LogP contribution is -2.41. The molecule has 0 aliphatic rings. The largest absolute Gasteiger partial charge is 0.467 e. The average Bonchev–Trinajstić information content (AvgIpc) is 2.47. The Labute approximate surface area is 128 Å². The average molecular weight is 309 g/mol. The summed E-state index contributed by atoms with van der Waals surface area (Å²) in [5.41, 5.74) is 0.788. The molecule has 0 bridgehead atoms. The van der Waals surface area contributed by atoms with E-state index in [2.05, 4.69) is 14.8 Å². The molecule has 7 nitrogen and oxygen atoms in total. The van der Waals surface area contributed by atoms with Crippen LogP contribution < -0.4 is 10.1 Å². The summed E-state index contributed by atoms with van der Waals surface area (Å²) in [5.74, 6) is -0.966. The quantitative estimate of drug-likeness (QED) is 0.581. The molecule has 1 unspecified atom stereocenters. The normalized spacial score (nSPS) is 11.4. The summed E-state index contributed by atoms with van der Waals surface area (Å²) in [4.78, 5) is 34.0. The van der Waals surface area contributed by atoms with Crippen LogP contribution in [-0.2, 0) is 30.3 Å². The van der Waals surface area contributed by atoms with Gasteiger partial charge >= 0.3 is 11.9 Å². The minimum Gasteiger partial charge on any atom is -0.467 e.